The van der Waals surface area contributed by atoms with Crippen LogP contribution >= 0.6 is 11.6 Å². The van der Waals surface area contributed by atoms with Crippen LogP contribution in [0.2, 0.25) is 5.02 Å². The Morgan fingerprint density at radius 2 is 1.75 bits per heavy atom. The summed E-state index contributed by atoms with van der Waals surface area (Å²) in [5.41, 5.74) is -0.341. The minimum atomic E-state index is -4.42. The third kappa shape index (κ3) is 4.19. The molecule has 1 amide bonds. The molecule has 28 heavy (non-hydrogen) atoms. The topological polar surface area (TPSA) is 66.7 Å². The van der Waals surface area contributed by atoms with Gasteiger partial charge < -0.3 is 9.80 Å². The van der Waals surface area contributed by atoms with Crippen LogP contribution in [0.25, 0.3) is 0 Å². The van der Waals surface area contributed by atoms with Crippen molar-refractivity contribution in [1.29, 1.82) is 0 Å². The van der Waals surface area contributed by atoms with Crippen molar-refractivity contribution < 1.29 is 22.9 Å². The summed E-state index contributed by atoms with van der Waals surface area (Å²) in [5.74, 6) is -0.372. The molecule has 1 aliphatic rings. The van der Waals surface area contributed by atoms with Crippen molar-refractivity contribution in [2.24, 2.45) is 0 Å². The predicted octanol–water partition coefficient (Wildman–Crippen LogP) is 4.23. The lowest BCUT2D eigenvalue weighted by Crippen LogP contribution is -2.48. The van der Waals surface area contributed by atoms with Crippen LogP contribution in [0.15, 0.2) is 42.5 Å². The van der Waals surface area contributed by atoms with Gasteiger partial charge in [-0.1, -0.05) is 17.7 Å². The van der Waals surface area contributed by atoms with Crippen molar-refractivity contribution in [1.82, 2.24) is 4.90 Å². The van der Waals surface area contributed by atoms with Crippen molar-refractivity contribution in [2.45, 2.75) is 6.18 Å². The summed E-state index contributed by atoms with van der Waals surface area (Å²) in [6.45, 7) is 1.31. The number of alkyl halides is 3. The Bertz CT molecular complexity index is 912. The van der Waals surface area contributed by atoms with E-state index in [0.717, 1.165) is 18.2 Å². The van der Waals surface area contributed by atoms with Gasteiger partial charge in [0.15, 0.2) is 0 Å². The van der Waals surface area contributed by atoms with Gasteiger partial charge in [0.1, 0.15) is 0 Å². The van der Waals surface area contributed by atoms with E-state index in [1.54, 1.807) is 11.0 Å². The van der Waals surface area contributed by atoms with Crippen molar-refractivity contribution in [3.8, 4) is 0 Å². The normalized spacial score (nSPS) is 14.9. The van der Waals surface area contributed by atoms with Gasteiger partial charge in [0.2, 0.25) is 0 Å². The van der Waals surface area contributed by atoms with E-state index in [4.69, 9.17) is 11.6 Å². The summed E-state index contributed by atoms with van der Waals surface area (Å²) in [7, 11) is 0. The first-order valence-corrected chi connectivity index (χ1v) is 8.70. The Morgan fingerprint density at radius 3 is 2.32 bits per heavy atom. The van der Waals surface area contributed by atoms with Crippen LogP contribution in [0.4, 0.5) is 24.5 Å². The summed E-state index contributed by atoms with van der Waals surface area (Å²) in [6.07, 6.45) is -4.42. The number of nitrogens with zero attached hydrogens (tertiary/aromatic N) is 3. The molecule has 1 saturated heterocycles. The minimum Gasteiger partial charge on any atom is -0.368 e. The van der Waals surface area contributed by atoms with Crippen molar-refractivity contribution in [2.75, 3.05) is 31.1 Å². The third-order valence-electron chi connectivity index (χ3n) is 4.50. The fraction of sp³-hybridized carbons (Fsp3) is 0.278. The maximum Gasteiger partial charge on any atom is 0.416 e. The fourth-order valence-corrected chi connectivity index (χ4v) is 3.26. The van der Waals surface area contributed by atoms with Crippen LogP contribution in [0, 0.1) is 10.1 Å². The molecule has 0 aromatic heterocycles. The maximum atomic E-state index is 12.9. The smallest absolute Gasteiger partial charge is 0.368 e. The summed E-state index contributed by atoms with van der Waals surface area (Å²) in [4.78, 5) is 26.1. The number of non-ortho nitro benzene ring substituents is 1. The number of hydrogen-bond acceptors (Lipinski definition) is 4. The molecule has 6 nitrogen and oxygen atoms in total. The zero-order chi connectivity index (χ0) is 20.5. The van der Waals surface area contributed by atoms with Gasteiger partial charge >= 0.3 is 6.18 Å². The van der Waals surface area contributed by atoms with Crippen LogP contribution in [-0.4, -0.2) is 41.9 Å². The number of rotatable bonds is 3. The first-order valence-electron chi connectivity index (χ1n) is 8.32. The van der Waals surface area contributed by atoms with E-state index in [1.165, 1.54) is 23.1 Å². The van der Waals surface area contributed by atoms with Crippen molar-refractivity contribution >= 4 is 28.9 Å². The Balaban J connectivity index is 1.69. The highest BCUT2D eigenvalue weighted by Crippen LogP contribution is 2.32. The number of piperazine rings is 1. The zero-order valence-corrected chi connectivity index (χ0v) is 15.2. The summed E-state index contributed by atoms with van der Waals surface area (Å²) < 4.78 is 38.6. The lowest BCUT2D eigenvalue weighted by molar-refractivity contribution is -0.384. The van der Waals surface area contributed by atoms with Crippen molar-refractivity contribution in [3.63, 3.8) is 0 Å². The summed E-state index contributed by atoms with van der Waals surface area (Å²) >= 11 is 6.00. The Labute approximate surface area is 163 Å². The monoisotopic (exact) mass is 413 g/mol. The summed E-state index contributed by atoms with van der Waals surface area (Å²) in [5, 5.41) is 10.8. The van der Waals surface area contributed by atoms with E-state index in [9.17, 15) is 28.1 Å². The fourth-order valence-electron chi connectivity index (χ4n) is 3.01. The molecule has 0 N–H and O–H groups in total. The average molecular weight is 414 g/mol. The molecular weight excluding hydrogens is 399 g/mol. The molecule has 2 aromatic rings. The SMILES string of the molecule is O=C(c1ccc([N+](=O)[O-])cc1Cl)N1CCN(c2cccc(C(F)(F)F)c2)CC1. The highest BCUT2D eigenvalue weighted by molar-refractivity contribution is 6.34. The number of nitro benzene ring substituents is 1. The Kier molecular flexibility index (Phi) is 5.46. The molecule has 2 aromatic carbocycles. The number of carbonyl (C=O) groups excluding carboxylic acids is 1. The molecule has 0 saturated carbocycles. The highest BCUT2D eigenvalue weighted by Gasteiger charge is 2.31. The van der Waals surface area contributed by atoms with Gasteiger partial charge in [0.05, 0.1) is 21.1 Å². The molecule has 0 aliphatic carbocycles. The number of halogens is 4. The van der Waals surface area contributed by atoms with E-state index in [1.807, 2.05) is 0 Å². The molecule has 10 heteroatoms. The van der Waals surface area contributed by atoms with Crippen molar-refractivity contribution in [3.05, 3.63) is 68.7 Å². The van der Waals surface area contributed by atoms with Gasteiger partial charge in [-0.15, -0.1) is 0 Å². The van der Waals surface area contributed by atoms with Gasteiger partial charge in [-0.2, -0.15) is 13.2 Å². The standard InChI is InChI=1S/C18H15ClF3N3O3/c19-16-11-14(25(27)28)4-5-15(16)17(26)24-8-6-23(7-9-24)13-3-1-2-12(10-13)18(20,21)22/h1-5,10-11H,6-9H2. The van der Waals surface area contributed by atoms with Crippen LogP contribution in [-0.2, 0) is 6.18 Å². The van der Waals surface area contributed by atoms with E-state index >= 15 is 0 Å². The number of hydrogen-bond donors (Lipinski definition) is 0. The van der Waals surface area contributed by atoms with Crippen LogP contribution in [0.5, 0.6) is 0 Å². The lowest BCUT2D eigenvalue weighted by Gasteiger charge is -2.36. The van der Waals surface area contributed by atoms with Gasteiger partial charge in [-0.3, -0.25) is 14.9 Å². The second kappa shape index (κ2) is 7.67. The van der Waals surface area contributed by atoms with Gasteiger partial charge in [0.25, 0.3) is 11.6 Å². The van der Waals surface area contributed by atoms with Gasteiger partial charge in [0, 0.05) is 44.0 Å². The Morgan fingerprint density at radius 1 is 1.07 bits per heavy atom. The number of amides is 1. The minimum absolute atomic E-state index is 0.0143. The quantitative estimate of drug-likeness (QED) is 0.558. The van der Waals surface area contributed by atoms with Crippen LogP contribution < -0.4 is 4.90 Å². The number of benzene rings is 2. The molecule has 0 atom stereocenters. The Hall–Kier alpha value is -2.81. The molecule has 1 heterocycles. The van der Waals surface area contributed by atoms with E-state index in [2.05, 4.69) is 0 Å². The third-order valence-corrected chi connectivity index (χ3v) is 4.81. The molecule has 0 radical (unpaired) electrons. The second-order valence-electron chi connectivity index (χ2n) is 6.25. The van der Waals surface area contributed by atoms with E-state index < -0.39 is 16.7 Å². The highest BCUT2D eigenvalue weighted by atomic mass is 35.5. The van der Waals surface area contributed by atoms with E-state index in [0.29, 0.717) is 31.9 Å². The molecular formula is C18H15ClF3N3O3. The maximum absolute atomic E-state index is 12.9. The van der Waals surface area contributed by atoms with Crippen LogP contribution in [0.1, 0.15) is 15.9 Å². The second-order valence-corrected chi connectivity index (χ2v) is 6.66. The lowest BCUT2D eigenvalue weighted by atomic mass is 10.1. The summed E-state index contributed by atoms with van der Waals surface area (Å²) in [6, 6.07) is 8.68. The number of anilines is 1. The van der Waals surface area contributed by atoms with E-state index in [-0.39, 0.29) is 22.2 Å². The first kappa shape index (κ1) is 19.9. The average Bonchev–Trinajstić information content (AvgIpc) is 2.67. The van der Waals surface area contributed by atoms with Gasteiger partial charge in [-0.25, -0.2) is 0 Å². The largest absolute Gasteiger partial charge is 0.416 e. The molecule has 3 rings (SSSR count). The van der Waals surface area contributed by atoms with Crippen LogP contribution in [0.3, 0.4) is 0 Å². The zero-order valence-electron chi connectivity index (χ0n) is 14.4. The molecule has 0 unspecified atom stereocenters. The molecule has 1 aliphatic heterocycles. The van der Waals surface area contributed by atoms with Gasteiger partial charge in [-0.05, 0) is 24.3 Å². The molecule has 0 bridgehead atoms. The predicted molar refractivity (Wildman–Crippen MR) is 97.7 cm³/mol. The number of nitro groups is 1. The number of carbonyl (C=O) groups is 1. The molecule has 148 valence electrons. The molecule has 0 spiro atoms. The molecule has 1 fully saturated rings. The first-order chi connectivity index (χ1) is 13.2.